The van der Waals surface area contributed by atoms with Crippen molar-refractivity contribution in [1.82, 2.24) is 5.32 Å². The Balaban J connectivity index is 1.50. The Labute approximate surface area is 206 Å². The monoisotopic (exact) mass is 493 g/mol. The normalized spacial score (nSPS) is 15.8. The minimum atomic E-state index is -0.896. The average Bonchev–Trinajstić information content (AvgIpc) is 3.16. The molecule has 2 unspecified atom stereocenters. The number of aliphatic hydroxyl groups is 1. The van der Waals surface area contributed by atoms with Crippen LogP contribution in [-0.4, -0.2) is 40.5 Å². The summed E-state index contributed by atoms with van der Waals surface area (Å²) in [5.74, 6) is 0.0683. The van der Waals surface area contributed by atoms with Gasteiger partial charge < -0.3 is 20.3 Å². The van der Waals surface area contributed by atoms with Gasteiger partial charge in [0, 0.05) is 18.5 Å². The molecule has 5 nitrogen and oxygen atoms in total. The van der Waals surface area contributed by atoms with Crippen LogP contribution in [0.4, 0.5) is 0 Å². The number of rotatable bonds is 11. The molecule has 3 N–H and O–H groups in total. The van der Waals surface area contributed by atoms with E-state index >= 15 is 0 Å². The maximum absolute atomic E-state index is 10.8. The Morgan fingerprint density at radius 3 is 2.39 bits per heavy atom. The molecule has 1 aliphatic carbocycles. The van der Waals surface area contributed by atoms with Crippen LogP contribution in [0, 0.1) is 5.92 Å². The lowest BCUT2D eigenvalue weighted by atomic mass is 9.88. The SMILES string of the molecule is CC(Oc1ccc(CCC(=O)O)c(Cl)c1Cl)C(O)CNC(C)(C)CC1Cc2ccccc2C1. The number of carboxylic acids is 1. The van der Waals surface area contributed by atoms with Gasteiger partial charge in [0.05, 0.1) is 5.02 Å². The minimum absolute atomic E-state index is 0.0280. The van der Waals surface area contributed by atoms with Crippen molar-refractivity contribution in [3.8, 4) is 5.75 Å². The number of carbonyl (C=O) groups is 1. The first-order chi connectivity index (χ1) is 15.6. The summed E-state index contributed by atoms with van der Waals surface area (Å²) in [7, 11) is 0. The molecular formula is C26H33Cl2NO4. The van der Waals surface area contributed by atoms with Crippen LogP contribution in [0.1, 0.15) is 50.3 Å². The summed E-state index contributed by atoms with van der Waals surface area (Å²) in [5.41, 5.74) is 3.43. The molecule has 0 aliphatic heterocycles. The standard InChI is InChI=1S/C26H33Cl2NO4/c1-16(33-22-10-8-18(9-11-23(31)32)24(27)25(22)28)21(30)15-29-26(2,3)14-17-12-19-6-4-5-7-20(19)13-17/h4-8,10,16-17,21,29-30H,9,11-15H2,1-3H3,(H,31,32). The van der Waals surface area contributed by atoms with E-state index in [0.717, 1.165) is 19.3 Å². The molecule has 0 amide bonds. The molecular weight excluding hydrogens is 461 g/mol. The quantitative estimate of drug-likeness (QED) is 0.395. The van der Waals surface area contributed by atoms with Crippen LogP contribution < -0.4 is 10.1 Å². The Bertz CT molecular complexity index is 954. The van der Waals surface area contributed by atoms with Crippen molar-refractivity contribution in [3.05, 3.63) is 63.1 Å². The van der Waals surface area contributed by atoms with Crippen molar-refractivity contribution in [2.45, 2.75) is 70.6 Å². The first-order valence-electron chi connectivity index (χ1n) is 11.4. The van der Waals surface area contributed by atoms with Gasteiger partial charge in [-0.2, -0.15) is 0 Å². The number of hydrogen-bond acceptors (Lipinski definition) is 4. The number of ether oxygens (including phenoxy) is 1. The zero-order chi connectivity index (χ0) is 24.2. The number of β-amino-alcohol motifs (C(OH)–C–C–N with tert-alkyl or cyclic N) is 1. The van der Waals surface area contributed by atoms with Gasteiger partial charge in [0.2, 0.25) is 0 Å². The maximum Gasteiger partial charge on any atom is 0.303 e. The van der Waals surface area contributed by atoms with Crippen LogP contribution in [0.25, 0.3) is 0 Å². The van der Waals surface area contributed by atoms with Crippen LogP contribution in [0.3, 0.4) is 0 Å². The highest BCUT2D eigenvalue weighted by atomic mass is 35.5. The largest absolute Gasteiger partial charge is 0.486 e. The summed E-state index contributed by atoms with van der Waals surface area (Å²) in [4.78, 5) is 10.8. The second kappa shape index (κ2) is 11.1. The Morgan fingerprint density at radius 1 is 1.15 bits per heavy atom. The number of halogens is 2. The van der Waals surface area contributed by atoms with Gasteiger partial charge in [-0.05, 0) is 75.1 Å². The zero-order valence-electron chi connectivity index (χ0n) is 19.4. The molecule has 0 saturated heterocycles. The van der Waals surface area contributed by atoms with Crippen LogP contribution in [0.15, 0.2) is 36.4 Å². The summed E-state index contributed by atoms with van der Waals surface area (Å²) in [6, 6.07) is 12.0. The molecule has 3 rings (SSSR count). The molecule has 180 valence electrons. The van der Waals surface area contributed by atoms with Crippen molar-refractivity contribution < 1.29 is 19.7 Å². The number of aliphatic carboxylic acids is 1. The van der Waals surface area contributed by atoms with E-state index in [1.807, 2.05) is 0 Å². The number of hydrogen-bond donors (Lipinski definition) is 3. The fourth-order valence-electron chi connectivity index (χ4n) is 4.51. The van der Waals surface area contributed by atoms with E-state index in [9.17, 15) is 9.90 Å². The number of carboxylic acid groups (broad SMARTS) is 1. The first-order valence-corrected chi connectivity index (χ1v) is 12.2. The highest BCUT2D eigenvalue weighted by Crippen LogP contribution is 2.36. The zero-order valence-corrected chi connectivity index (χ0v) is 20.9. The molecule has 0 saturated carbocycles. The Morgan fingerprint density at radius 2 is 1.79 bits per heavy atom. The number of benzene rings is 2. The second-order valence-electron chi connectivity index (χ2n) is 9.65. The Hall–Kier alpha value is -1.79. The molecule has 0 spiro atoms. The summed E-state index contributed by atoms with van der Waals surface area (Å²) >= 11 is 12.6. The highest BCUT2D eigenvalue weighted by molar-refractivity contribution is 6.43. The van der Waals surface area contributed by atoms with Crippen molar-refractivity contribution in [1.29, 1.82) is 0 Å². The smallest absolute Gasteiger partial charge is 0.303 e. The molecule has 0 heterocycles. The third-order valence-corrected chi connectivity index (χ3v) is 7.22. The van der Waals surface area contributed by atoms with Crippen LogP contribution in [0.5, 0.6) is 5.75 Å². The summed E-state index contributed by atoms with van der Waals surface area (Å²) < 4.78 is 5.89. The van der Waals surface area contributed by atoms with E-state index in [0.29, 0.717) is 23.8 Å². The van der Waals surface area contributed by atoms with E-state index in [4.69, 9.17) is 33.0 Å². The van der Waals surface area contributed by atoms with E-state index in [1.54, 1.807) is 19.1 Å². The van der Waals surface area contributed by atoms with Gasteiger partial charge in [0.15, 0.2) is 0 Å². The van der Waals surface area contributed by atoms with E-state index in [2.05, 4.69) is 43.4 Å². The lowest BCUT2D eigenvalue weighted by molar-refractivity contribution is -0.136. The van der Waals surface area contributed by atoms with Crippen molar-refractivity contribution in [2.24, 2.45) is 5.92 Å². The second-order valence-corrected chi connectivity index (χ2v) is 10.4. The van der Waals surface area contributed by atoms with Gasteiger partial charge in [-0.15, -0.1) is 0 Å². The number of aryl methyl sites for hydroxylation is 1. The predicted molar refractivity (Wildman–Crippen MR) is 133 cm³/mol. The molecule has 2 aromatic carbocycles. The fourth-order valence-corrected chi connectivity index (χ4v) is 4.99. The lowest BCUT2D eigenvalue weighted by Crippen LogP contribution is -2.48. The third kappa shape index (κ3) is 7.10. The van der Waals surface area contributed by atoms with Crippen molar-refractivity contribution in [3.63, 3.8) is 0 Å². The molecule has 1 aliphatic rings. The average molecular weight is 494 g/mol. The fraction of sp³-hybridized carbons (Fsp3) is 0.500. The Kier molecular flexibility index (Phi) is 8.68. The van der Waals surface area contributed by atoms with Crippen LogP contribution >= 0.6 is 23.2 Å². The molecule has 0 radical (unpaired) electrons. The van der Waals surface area contributed by atoms with Gasteiger partial charge in [-0.1, -0.05) is 53.5 Å². The van der Waals surface area contributed by atoms with Crippen molar-refractivity contribution in [2.75, 3.05) is 6.54 Å². The molecule has 2 aromatic rings. The van der Waals surface area contributed by atoms with Crippen molar-refractivity contribution >= 4 is 29.2 Å². The van der Waals surface area contributed by atoms with Gasteiger partial charge in [0.25, 0.3) is 0 Å². The molecule has 0 bridgehead atoms. The topological polar surface area (TPSA) is 78.8 Å². The summed E-state index contributed by atoms with van der Waals surface area (Å²) in [5, 5.41) is 23.6. The first kappa shape index (κ1) is 25.8. The molecule has 33 heavy (non-hydrogen) atoms. The van der Waals surface area contributed by atoms with E-state index in [-0.39, 0.29) is 28.4 Å². The van der Waals surface area contributed by atoms with Gasteiger partial charge in [-0.3, -0.25) is 4.79 Å². The number of fused-ring (bicyclic) bond motifs is 1. The van der Waals surface area contributed by atoms with Gasteiger partial charge >= 0.3 is 5.97 Å². The van der Waals surface area contributed by atoms with Gasteiger partial charge in [-0.25, -0.2) is 0 Å². The van der Waals surface area contributed by atoms with Crippen LogP contribution in [-0.2, 0) is 24.1 Å². The molecule has 2 atom stereocenters. The third-order valence-electron chi connectivity index (χ3n) is 6.31. The van der Waals surface area contributed by atoms with E-state index < -0.39 is 18.2 Å². The molecule has 0 fully saturated rings. The summed E-state index contributed by atoms with van der Waals surface area (Å²) in [6.45, 7) is 6.51. The number of nitrogens with one attached hydrogen (secondary N) is 1. The van der Waals surface area contributed by atoms with Gasteiger partial charge in [0.1, 0.15) is 23.0 Å². The highest BCUT2D eigenvalue weighted by Gasteiger charge is 2.29. The minimum Gasteiger partial charge on any atom is -0.486 e. The maximum atomic E-state index is 10.8. The van der Waals surface area contributed by atoms with E-state index in [1.165, 1.54) is 11.1 Å². The molecule has 0 aromatic heterocycles. The number of aliphatic hydroxyl groups excluding tert-OH is 1. The van der Waals surface area contributed by atoms with Crippen LogP contribution in [0.2, 0.25) is 10.0 Å². The summed E-state index contributed by atoms with van der Waals surface area (Å²) in [6.07, 6.45) is 2.23. The molecule has 7 heteroatoms. The predicted octanol–water partition coefficient (Wildman–Crippen LogP) is 5.31. The lowest BCUT2D eigenvalue weighted by Gasteiger charge is -2.32.